The Morgan fingerprint density at radius 1 is 1.08 bits per heavy atom. The van der Waals surface area contributed by atoms with Crippen molar-refractivity contribution in [3.63, 3.8) is 0 Å². The molecule has 6 nitrogen and oxygen atoms in total. The molecule has 26 heavy (non-hydrogen) atoms. The maximum Gasteiger partial charge on any atom is 0.320 e. The van der Waals surface area contributed by atoms with E-state index in [2.05, 4.69) is 15.6 Å². The standard InChI is InChI=1S/C19H15N3O3S/c23-13-7-5-11(6-8-13)14-10-17(22-19(25)21-14)20-15-9-12-3-1-2-4-16(12)26-18(15)24/h1-9,14,23H,10H2,(H2,20,21,22,25). The summed E-state index contributed by atoms with van der Waals surface area (Å²) in [6.07, 6.45) is 0.424. The Hall–Kier alpha value is -3.19. The van der Waals surface area contributed by atoms with E-state index >= 15 is 0 Å². The first-order chi connectivity index (χ1) is 12.6. The summed E-state index contributed by atoms with van der Waals surface area (Å²) in [4.78, 5) is 28.7. The Kier molecular flexibility index (Phi) is 4.14. The van der Waals surface area contributed by atoms with Crippen molar-refractivity contribution in [2.75, 3.05) is 0 Å². The number of aromatic hydroxyl groups is 1. The number of phenols is 1. The third kappa shape index (κ3) is 3.29. The minimum absolute atomic E-state index is 0.148. The zero-order valence-electron chi connectivity index (χ0n) is 13.6. The number of fused-ring (bicyclic) bond motifs is 1. The molecule has 3 aromatic rings. The van der Waals surface area contributed by atoms with Gasteiger partial charge in [-0.1, -0.05) is 41.7 Å². The number of nitrogens with one attached hydrogen (secondary N) is 2. The average molecular weight is 365 g/mol. The van der Waals surface area contributed by atoms with Gasteiger partial charge in [0.15, 0.2) is 0 Å². The molecule has 3 N–H and O–H groups in total. The van der Waals surface area contributed by atoms with Crippen molar-refractivity contribution in [1.29, 1.82) is 0 Å². The number of rotatable bonds is 2. The highest BCUT2D eigenvalue weighted by molar-refractivity contribution is 7.16. The highest BCUT2D eigenvalue weighted by Crippen LogP contribution is 2.24. The summed E-state index contributed by atoms with van der Waals surface area (Å²) >= 11 is 1.14. The van der Waals surface area contributed by atoms with E-state index in [1.165, 1.54) is 0 Å². The summed E-state index contributed by atoms with van der Waals surface area (Å²) in [7, 11) is 0. The molecular formula is C19H15N3O3S. The van der Waals surface area contributed by atoms with Crippen LogP contribution in [0.1, 0.15) is 18.0 Å². The van der Waals surface area contributed by atoms with E-state index < -0.39 is 0 Å². The van der Waals surface area contributed by atoms with E-state index in [1.54, 1.807) is 30.3 Å². The quantitative estimate of drug-likeness (QED) is 0.650. The molecule has 2 heterocycles. The number of benzene rings is 2. The molecule has 1 aliphatic heterocycles. The zero-order chi connectivity index (χ0) is 18.1. The number of hydrogen-bond donors (Lipinski definition) is 3. The molecule has 1 atom stereocenters. The molecule has 0 saturated carbocycles. The highest BCUT2D eigenvalue weighted by Gasteiger charge is 2.24. The van der Waals surface area contributed by atoms with Gasteiger partial charge in [0.2, 0.25) is 0 Å². The highest BCUT2D eigenvalue weighted by atomic mass is 32.1. The van der Waals surface area contributed by atoms with Crippen LogP contribution in [-0.2, 0) is 0 Å². The minimum Gasteiger partial charge on any atom is -0.508 e. The van der Waals surface area contributed by atoms with Crippen molar-refractivity contribution in [1.82, 2.24) is 10.6 Å². The Bertz CT molecular complexity index is 1070. The van der Waals surface area contributed by atoms with E-state index in [9.17, 15) is 14.7 Å². The number of aliphatic imine (C=N–C) groups is 1. The van der Waals surface area contributed by atoms with E-state index in [-0.39, 0.29) is 22.6 Å². The van der Waals surface area contributed by atoms with Crippen LogP contribution >= 0.6 is 11.3 Å². The lowest BCUT2D eigenvalue weighted by atomic mass is 10.0. The van der Waals surface area contributed by atoms with E-state index in [1.807, 2.05) is 24.3 Å². The first kappa shape index (κ1) is 16.3. The van der Waals surface area contributed by atoms with Crippen LogP contribution in [0.4, 0.5) is 10.5 Å². The molecule has 4 rings (SSSR count). The summed E-state index contributed by atoms with van der Waals surface area (Å²) in [5.74, 6) is 0.600. The topological polar surface area (TPSA) is 90.8 Å². The number of nitrogens with zero attached hydrogens (tertiary/aromatic N) is 1. The Balaban J connectivity index is 1.68. The SMILES string of the molecule is O=C1NC(=Nc2cc3ccccc3sc2=O)CC(c2ccc(O)cc2)N1. The van der Waals surface area contributed by atoms with E-state index in [0.29, 0.717) is 17.9 Å². The second-order valence-electron chi connectivity index (χ2n) is 5.96. The van der Waals surface area contributed by atoms with Crippen LogP contribution < -0.4 is 15.4 Å². The summed E-state index contributed by atoms with van der Waals surface area (Å²) < 4.78 is 0.753. The molecule has 1 saturated heterocycles. The molecule has 0 spiro atoms. The van der Waals surface area contributed by atoms with Crippen molar-refractivity contribution in [2.45, 2.75) is 12.5 Å². The van der Waals surface area contributed by atoms with E-state index in [4.69, 9.17) is 0 Å². The lowest BCUT2D eigenvalue weighted by molar-refractivity contribution is 0.239. The smallest absolute Gasteiger partial charge is 0.320 e. The third-order valence-electron chi connectivity index (χ3n) is 4.13. The first-order valence-electron chi connectivity index (χ1n) is 8.05. The molecule has 2 aromatic carbocycles. The Morgan fingerprint density at radius 2 is 1.85 bits per heavy atom. The van der Waals surface area contributed by atoms with Gasteiger partial charge in [-0.25, -0.2) is 9.79 Å². The predicted molar refractivity (Wildman–Crippen MR) is 102 cm³/mol. The van der Waals surface area contributed by atoms with Crippen molar-refractivity contribution < 1.29 is 9.90 Å². The van der Waals surface area contributed by atoms with Gasteiger partial charge in [-0.15, -0.1) is 0 Å². The maximum absolute atomic E-state index is 12.3. The zero-order valence-corrected chi connectivity index (χ0v) is 14.4. The van der Waals surface area contributed by atoms with Crippen LogP contribution in [0, 0.1) is 0 Å². The van der Waals surface area contributed by atoms with Gasteiger partial charge in [-0.3, -0.25) is 10.1 Å². The molecule has 7 heteroatoms. The molecule has 130 valence electrons. The van der Waals surface area contributed by atoms with Gasteiger partial charge in [0.25, 0.3) is 4.74 Å². The largest absolute Gasteiger partial charge is 0.508 e. The Labute approximate surface area is 152 Å². The molecule has 0 bridgehead atoms. The van der Waals surface area contributed by atoms with Crippen LogP contribution in [0.25, 0.3) is 10.1 Å². The maximum atomic E-state index is 12.3. The summed E-state index contributed by atoms with van der Waals surface area (Å²) in [6.45, 7) is 0. The fourth-order valence-electron chi connectivity index (χ4n) is 2.88. The van der Waals surface area contributed by atoms with Crippen molar-refractivity contribution >= 4 is 39.0 Å². The fraction of sp³-hybridized carbons (Fsp3) is 0.105. The average Bonchev–Trinajstić information content (AvgIpc) is 2.62. The molecule has 0 radical (unpaired) electrons. The second kappa shape index (κ2) is 6.61. The minimum atomic E-state index is -0.370. The molecule has 1 unspecified atom stereocenters. The summed E-state index contributed by atoms with van der Waals surface area (Å²) in [5, 5.41) is 15.8. The lowest BCUT2D eigenvalue weighted by Gasteiger charge is -2.25. The Morgan fingerprint density at radius 3 is 2.65 bits per heavy atom. The number of amides is 2. The van der Waals surface area contributed by atoms with E-state index in [0.717, 1.165) is 27.0 Å². The normalized spacial score (nSPS) is 18.5. The molecule has 1 aromatic heterocycles. The molecule has 2 amide bonds. The number of phenolic OH excluding ortho intramolecular Hbond substituents is 1. The van der Waals surface area contributed by atoms with Crippen LogP contribution in [0.2, 0.25) is 0 Å². The van der Waals surface area contributed by atoms with Gasteiger partial charge in [0.05, 0.1) is 6.04 Å². The van der Waals surface area contributed by atoms with Crippen molar-refractivity contribution in [2.24, 2.45) is 4.99 Å². The van der Waals surface area contributed by atoms with Gasteiger partial charge in [0.1, 0.15) is 17.3 Å². The molecular weight excluding hydrogens is 350 g/mol. The lowest BCUT2D eigenvalue weighted by Crippen LogP contribution is -2.48. The van der Waals surface area contributed by atoms with Crippen molar-refractivity contribution in [3.8, 4) is 5.75 Å². The fourth-order valence-corrected chi connectivity index (χ4v) is 3.68. The summed E-state index contributed by atoms with van der Waals surface area (Å²) in [5.41, 5.74) is 1.17. The predicted octanol–water partition coefficient (Wildman–Crippen LogP) is 3.44. The van der Waals surface area contributed by atoms with Crippen LogP contribution in [-0.4, -0.2) is 17.0 Å². The van der Waals surface area contributed by atoms with Gasteiger partial charge in [0, 0.05) is 11.1 Å². The monoisotopic (exact) mass is 365 g/mol. The van der Waals surface area contributed by atoms with Gasteiger partial charge in [-0.2, -0.15) is 0 Å². The number of carbonyl (C=O) groups is 1. The van der Waals surface area contributed by atoms with Crippen LogP contribution in [0.3, 0.4) is 0 Å². The number of amidine groups is 1. The van der Waals surface area contributed by atoms with Crippen LogP contribution in [0.5, 0.6) is 5.75 Å². The molecule has 0 aliphatic carbocycles. The summed E-state index contributed by atoms with van der Waals surface area (Å²) in [6, 6.07) is 15.4. The molecule has 1 fully saturated rings. The van der Waals surface area contributed by atoms with Gasteiger partial charge >= 0.3 is 6.03 Å². The van der Waals surface area contributed by atoms with Gasteiger partial charge in [-0.05, 0) is 35.2 Å². The number of hydrogen-bond acceptors (Lipinski definition) is 5. The number of urea groups is 1. The second-order valence-corrected chi connectivity index (χ2v) is 6.98. The molecule has 1 aliphatic rings. The number of carbonyl (C=O) groups excluding carboxylic acids is 1. The van der Waals surface area contributed by atoms with Crippen molar-refractivity contribution in [3.05, 3.63) is 69.7 Å². The van der Waals surface area contributed by atoms with Crippen LogP contribution in [0.15, 0.2) is 64.4 Å². The van der Waals surface area contributed by atoms with Gasteiger partial charge < -0.3 is 10.4 Å². The third-order valence-corrected chi connectivity index (χ3v) is 5.12. The first-order valence-corrected chi connectivity index (χ1v) is 8.87.